The number of ether oxygens (including phenoxy) is 2. The molecule has 4 atom stereocenters. The maximum absolute atomic E-state index is 6.61. The summed E-state index contributed by atoms with van der Waals surface area (Å²) in [5.41, 5.74) is 10.4. The number of nitrogens with zero attached hydrogens (tertiary/aromatic N) is 2. The highest BCUT2D eigenvalue weighted by Crippen LogP contribution is 2.44. The van der Waals surface area contributed by atoms with Gasteiger partial charge in [-0.15, -0.1) is 0 Å². The van der Waals surface area contributed by atoms with Crippen LogP contribution in [0.5, 0.6) is 0 Å². The van der Waals surface area contributed by atoms with Gasteiger partial charge in [-0.1, -0.05) is 34.1 Å². The van der Waals surface area contributed by atoms with Crippen LogP contribution in [-0.2, 0) is 9.47 Å². The highest BCUT2D eigenvalue weighted by Gasteiger charge is 2.46. The summed E-state index contributed by atoms with van der Waals surface area (Å²) in [5.74, 6) is 2.01. The van der Waals surface area contributed by atoms with Gasteiger partial charge >= 0.3 is 0 Å². The normalized spacial score (nSPS) is 29.5. The molecular formula is C24H48N4O2. The van der Waals surface area contributed by atoms with Crippen molar-refractivity contribution in [2.75, 3.05) is 53.0 Å². The molecule has 2 unspecified atom stereocenters. The Balaban J connectivity index is 2.10. The van der Waals surface area contributed by atoms with Gasteiger partial charge in [-0.05, 0) is 51.0 Å². The van der Waals surface area contributed by atoms with Gasteiger partial charge in [0.25, 0.3) is 0 Å². The van der Waals surface area contributed by atoms with Crippen LogP contribution in [0, 0.1) is 23.7 Å². The van der Waals surface area contributed by atoms with Crippen LogP contribution in [0.2, 0.25) is 0 Å². The van der Waals surface area contributed by atoms with Crippen molar-refractivity contribution in [3.63, 3.8) is 0 Å². The molecule has 0 saturated heterocycles. The average Bonchev–Trinajstić information content (AvgIpc) is 3.16. The molecule has 2 aliphatic rings. The third kappa shape index (κ3) is 7.18. The summed E-state index contributed by atoms with van der Waals surface area (Å²) in [6.45, 7) is 15.0. The van der Waals surface area contributed by atoms with Gasteiger partial charge in [0, 0.05) is 56.9 Å². The first kappa shape index (κ1) is 25.6. The number of likely N-dealkylation sites (N-methyl/N-ethyl adjacent to an activating group) is 1. The molecule has 1 aliphatic carbocycles. The minimum Gasteiger partial charge on any atom is -0.381 e. The van der Waals surface area contributed by atoms with Crippen molar-refractivity contribution in [3.8, 4) is 0 Å². The van der Waals surface area contributed by atoms with Crippen molar-refractivity contribution in [1.82, 2.24) is 10.3 Å². The topological polar surface area (TPSA) is 72.1 Å². The molecule has 6 heteroatoms. The lowest BCUT2D eigenvalue weighted by molar-refractivity contribution is -0.137. The zero-order valence-corrected chi connectivity index (χ0v) is 20.3. The van der Waals surface area contributed by atoms with E-state index in [9.17, 15) is 0 Å². The van der Waals surface area contributed by atoms with Gasteiger partial charge < -0.3 is 25.5 Å². The quantitative estimate of drug-likeness (QED) is 0.446. The van der Waals surface area contributed by atoms with E-state index >= 15 is 0 Å². The van der Waals surface area contributed by atoms with Crippen LogP contribution in [0.3, 0.4) is 0 Å². The van der Waals surface area contributed by atoms with Gasteiger partial charge in [0.1, 0.15) is 0 Å². The van der Waals surface area contributed by atoms with Crippen LogP contribution in [-0.4, -0.2) is 69.3 Å². The Hall–Kier alpha value is -0.690. The molecular weight excluding hydrogens is 376 g/mol. The Morgan fingerprint density at radius 3 is 2.77 bits per heavy atom. The molecule has 0 bridgehead atoms. The van der Waals surface area contributed by atoms with Gasteiger partial charge in [-0.25, -0.2) is 0 Å². The summed E-state index contributed by atoms with van der Waals surface area (Å²) < 4.78 is 12.8. The molecule has 1 fully saturated rings. The third-order valence-corrected chi connectivity index (χ3v) is 6.69. The zero-order valence-electron chi connectivity index (χ0n) is 20.3. The number of hydrogen-bond acceptors (Lipinski definition) is 6. The second-order valence-electron chi connectivity index (χ2n) is 9.91. The van der Waals surface area contributed by atoms with Gasteiger partial charge in [0.15, 0.2) is 0 Å². The van der Waals surface area contributed by atoms with Crippen LogP contribution >= 0.6 is 0 Å². The van der Waals surface area contributed by atoms with E-state index in [4.69, 9.17) is 20.3 Å². The Bertz CT molecular complexity index is 513. The van der Waals surface area contributed by atoms with E-state index in [2.05, 4.69) is 45.1 Å². The summed E-state index contributed by atoms with van der Waals surface area (Å²) in [7, 11) is 2.16. The van der Waals surface area contributed by atoms with E-state index in [0.717, 1.165) is 71.6 Å². The molecule has 1 heterocycles. The number of nitrogens with two attached hydrogens (primary N) is 1. The summed E-state index contributed by atoms with van der Waals surface area (Å²) in [6, 6.07) is 0. The number of rotatable bonds is 14. The molecule has 0 aromatic carbocycles. The zero-order chi connectivity index (χ0) is 22.0. The standard InChI is InChI=1S/C24H48N4O2/c1-6-9-24(30-13-7-2)10-8-20(14-22(24)18-29-17-19(3)4)23-21(15-26-27-23)16-28(5)12-11-25/h19-22,26H,6-18,25H2,1-5H3/t20-,21?,22?,24+/m1/s1. The molecule has 2 rings (SSSR count). The van der Waals surface area contributed by atoms with Crippen LogP contribution < -0.4 is 11.2 Å². The molecule has 0 amide bonds. The first-order valence-electron chi connectivity index (χ1n) is 12.4. The van der Waals surface area contributed by atoms with Crippen molar-refractivity contribution in [1.29, 1.82) is 0 Å². The Labute approximate surface area is 185 Å². The average molecular weight is 425 g/mol. The molecule has 0 radical (unpaired) electrons. The number of hydrogen-bond donors (Lipinski definition) is 2. The van der Waals surface area contributed by atoms with Crippen molar-refractivity contribution in [3.05, 3.63) is 0 Å². The monoisotopic (exact) mass is 424 g/mol. The van der Waals surface area contributed by atoms with E-state index in [1.165, 1.54) is 12.1 Å². The van der Waals surface area contributed by atoms with Crippen LogP contribution in [0.4, 0.5) is 0 Å². The number of nitrogens with one attached hydrogen (secondary N) is 1. The fourth-order valence-corrected chi connectivity index (χ4v) is 5.27. The minimum absolute atomic E-state index is 0.0311. The summed E-state index contributed by atoms with van der Waals surface area (Å²) in [6.07, 6.45) is 6.76. The number of hydrazone groups is 1. The molecule has 0 spiro atoms. The lowest BCUT2D eigenvalue weighted by Crippen LogP contribution is -2.49. The van der Waals surface area contributed by atoms with Crippen molar-refractivity contribution < 1.29 is 9.47 Å². The molecule has 1 saturated carbocycles. The second kappa shape index (κ2) is 13.0. The summed E-state index contributed by atoms with van der Waals surface area (Å²) in [5, 5.41) is 4.78. The van der Waals surface area contributed by atoms with Crippen LogP contribution in [0.25, 0.3) is 0 Å². The van der Waals surface area contributed by atoms with E-state index in [-0.39, 0.29) is 5.60 Å². The molecule has 0 aromatic heterocycles. The lowest BCUT2D eigenvalue weighted by Gasteiger charge is -2.47. The highest BCUT2D eigenvalue weighted by molar-refractivity contribution is 5.90. The first-order chi connectivity index (χ1) is 14.5. The fourth-order valence-electron chi connectivity index (χ4n) is 5.27. The summed E-state index contributed by atoms with van der Waals surface area (Å²) >= 11 is 0. The minimum atomic E-state index is -0.0311. The first-order valence-corrected chi connectivity index (χ1v) is 12.4. The summed E-state index contributed by atoms with van der Waals surface area (Å²) in [4.78, 5) is 2.34. The SMILES string of the molecule is CCCO[C@@]1(CCC)CC[C@@H](C2=NNCC2CN(C)CCN)CC1COCC(C)C. The lowest BCUT2D eigenvalue weighted by atomic mass is 9.66. The van der Waals surface area contributed by atoms with Gasteiger partial charge in [-0.3, -0.25) is 0 Å². The van der Waals surface area contributed by atoms with E-state index in [0.29, 0.717) is 30.2 Å². The van der Waals surface area contributed by atoms with Gasteiger partial charge in [0.2, 0.25) is 0 Å². The maximum Gasteiger partial charge on any atom is 0.0732 e. The van der Waals surface area contributed by atoms with Gasteiger partial charge in [0.05, 0.1) is 12.2 Å². The Kier molecular flexibility index (Phi) is 11.1. The van der Waals surface area contributed by atoms with Crippen LogP contribution in [0.1, 0.15) is 66.2 Å². The maximum atomic E-state index is 6.61. The molecule has 3 N–H and O–H groups in total. The third-order valence-electron chi connectivity index (χ3n) is 6.69. The smallest absolute Gasteiger partial charge is 0.0732 e. The van der Waals surface area contributed by atoms with E-state index in [1.54, 1.807) is 0 Å². The molecule has 1 aliphatic heterocycles. The fraction of sp³-hybridized carbons (Fsp3) is 0.958. The Morgan fingerprint density at radius 1 is 1.30 bits per heavy atom. The van der Waals surface area contributed by atoms with E-state index < -0.39 is 0 Å². The molecule has 6 nitrogen and oxygen atoms in total. The molecule has 0 aromatic rings. The second-order valence-corrected chi connectivity index (χ2v) is 9.91. The molecule has 30 heavy (non-hydrogen) atoms. The Morgan fingerprint density at radius 2 is 2.10 bits per heavy atom. The predicted octanol–water partition coefficient (Wildman–Crippen LogP) is 3.51. The van der Waals surface area contributed by atoms with Crippen molar-refractivity contribution in [2.24, 2.45) is 34.5 Å². The largest absolute Gasteiger partial charge is 0.381 e. The highest BCUT2D eigenvalue weighted by atomic mass is 16.5. The van der Waals surface area contributed by atoms with E-state index in [1.807, 2.05) is 0 Å². The van der Waals surface area contributed by atoms with Crippen LogP contribution in [0.15, 0.2) is 5.10 Å². The predicted molar refractivity (Wildman–Crippen MR) is 126 cm³/mol. The van der Waals surface area contributed by atoms with Crippen molar-refractivity contribution in [2.45, 2.75) is 71.8 Å². The van der Waals surface area contributed by atoms with Gasteiger partial charge in [-0.2, -0.15) is 5.10 Å². The molecule has 176 valence electrons. The van der Waals surface area contributed by atoms with Crippen molar-refractivity contribution >= 4 is 5.71 Å².